The molecule has 1 heterocycles. The van der Waals surface area contributed by atoms with Crippen molar-refractivity contribution in [3.63, 3.8) is 0 Å². The van der Waals surface area contributed by atoms with Crippen LogP contribution in [0.2, 0.25) is 0 Å². The molecule has 0 spiro atoms. The molecule has 0 bridgehead atoms. The second-order valence-electron chi connectivity index (χ2n) is 5.66. The third-order valence-corrected chi connectivity index (χ3v) is 4.68. The highest BCUT2D eigenvalue weighted by Gasteiger charge is 2.17. The van der Waals surface area contributed by atoms with E-state index in [2.05, 4.69) is 31.5 Å². The molecule has 1 aromatic heterocycles. The molecule has 4 nitrogen and oxygen atoms in total. The highest BCUT2D eigenvalue weighted by Crippen LogP contribution is 2.22. The molecule has 0 aliphatic rings. The first-order valence-corrected chi connectivity index (χ1v) is 8.72. The maximum Gasteiger partial charge on any atom is 0.320 e. The molecule has 5 heteroatoms. The number of nitrogens with zero attached hydrogens (tertiary/aromatic N) is 1. The summed E-state index contributed by atoms with van der Waals surface area (Å²) in [4.78, 5) is 16.9. The zero-order valence-corrected chi connectivity index (χ0v) is 15.3. The summed E-state index contributed by atoms with van der Waals surface area (Å²) in [6, 6.07) is 20.6. The highest BCUT2D eigenvalue weighted by atomic mass is 79.9. The fraction of sp³-hybridized carbons (Fsp3) is 0.100. The molecule has 0 aliphatic carbocycles. The van der Waals surface area contributed by atoms with E-state index in [-0.39, 0.29) is 12.1 Å². The number of halogens is 1. The molecular weight excluding hydrogens is 378 g/mol. The number of aromatic nitrogens is 1. The maximum atomic E-state index is 12.5. The Morgan fingerprint density at radius 2 is 1.80 bits per heavy atom. The Labute approximate surface area is 155 Å². The Morgan fingerprint density at radius 3 is 2.48 bits per heavy atom. The lowest BCUT2D eigenvalue weighted by Crippen LogP contribution is -2.33. The van der Waals surface area contributed by atoms with Crippen LogP contribution in [0.3, 0.4) is 0 Å². The summed E-state index contributed by atoms with van der Waals surface area (Å²) in [5.74, 6) is 0. The smallest absolute Gasteiger partial charge is 0.320 e. The van der Waals surface area contributed by atoms with Gasteiger partial charge in [0.1, 0.15) is 0 Å². The van der Waals surface area contributed by atoms with E-state index in [1.807, 2.05) is 73.7 Å². The average Bonchev–Trinajstić information content (AvgIpc) is 2.64. The number of aryl methyl sites for hydroxylation is 1. The third kappa shape index (κ3) is 4.45. The third-order valence-electron chi connectivity index (χ3n) is 3.82. The molecule has 0 aliphatic heterocycles. The quantitative estimate of drug-likeness (QED) is 0.648. The fourth-order valence-electron chi connectivity index (χ4n) is 2.49. The number of pyridine rings is 1. The zero-order chi connectivity index (χ0) is 17.6. The topological polar surface area (TPSA) is 54.0 Å². The van der Waals surface area contributed by atoms with Crippen LogP contribution >= 0.6 is 15.9 Å². The van der Waals surface area contributed by atoms with Crippen LogP contribution in [-0.2, 0) is 0 Å². The van der Waals surface area contributed by atoms with Gasteiger partial charge in [0.2, 0.25) is 0 Å². The van der Waals surface area contributed by atoms with Gasteiger partial charge in [0.15, 0.2) is 0 Å². The Morgan fingerprint density at radius 1 is 1.04 bits per heavy atom. The lowest BCUT2D eigenvalue weighted by Gasteiger charge is -2.19. The van der Waals surface area contributed by atoms with Gasteiger partial charge in [-0.15, -0.1) is 0 Å². The van der Waals surface area contributed by atoms with Gasteiger partial charge in [0.25, 0.3) is 0 Å². The van der Waals surface area contributed by atoms with E-state index in [0.717, 1.165) is 27.0 Å². The van der Waals surface area contributed by atoms with E-state index >= 15 is 0 Å². The summed E-state index contributed by atoms with van der Waals surface area (Å²) >= 11 is 3.48. The van der Waals surface area contributed by atoms with Crippen LogP contribution in [0.4, 0.5) is 10.5 Å². The van der Waals surface area contributed by atoms with Crippen LogP contribution in [0.1, 0.15) is 22.9 Å². The molecule has 3 aromatic rings. The predicted octanol–water partition coefficient (Wildman–Crippen LogP) is 5.06. The summed E-state index contributed by atoms with van der Waals surface area (Å²) in [5.41, 5.74) is 3.60. The number of amides is 2. The second kappa shape index (κ2) is 7.94. The summed E-state index contributed by atoms with van der Waals surface area (Å²) in [7, 11) is 0. The number of carbonyl (C=O) groups is 1. The molecule has 0 fully saturated rings. The van der Waals surface area contributed by atoms with Gasteiger partial charge < -0.3 is 10.6 Å². The first kappa shape index (κ1) is 17.2. The number of rotatable bonds is 4. The number of hydrogen-bond acceptors (Lipinski definition) is 2. The number of anilines is 1. The minimum Gasteiger partial charge on any atom is -0.325 e. The Balaban J connectivity index is 1.80. The van der Waals surface area contributed by atoms with E-state index in [1.165, 1.54) is 0 Å². The van der Waals surface area contributed by atoms with Crippen LogP contribution in [0.5, 0.6) is 0 Å². The van der Waals surface area contributed by atoms with Crippen molar-refractivity contribution < 1.29 is 4.79 Å². The highest BCUT2D eigenvalue weighted by molar-refractivity contribution is 9.10. The normalized spacial score (nSPS) is 11.6. The maximum absolute atomic E-state index is 12.5. The Hall–Kier alpha value is -2.66. The van der Waals surface area contributed by atoms with Crippen molar-refractivity contribution >= 4 is 27.6 Å². The fourth-order valence-corrected chi connectivity index (χ4v) is 2.87. The summed E-state index contributed by atoms with van der Waals surface area (Å²) in [6.07, 6.45) is 1.72. The summed E-state index contributed by atoms with van der Waals surface area (Å²) < 4.78 is 0.953. The average molecular weight is 396 g/mol. The van der Waals surface area contributed by atoms with E-state index in [4.69, 9.17) is 0 Å². The molecule has 3 rings (SSSR count). The molecule has 1 unspecified atom stereocenters. The van der Waals surface area contributed by atoms with Crippen molar-refractivity contribution in [1.29, 1.82) is 0 Å². The van der Waals surface area contributed by atoms with E-state index < -0.39 is 0 Å². The van der Waals surface area contributed by atoms with Gasteiger partial charge in [0, 0.05) is 16.4 Å². The molecule has 2 amide bonds. The van der Waals surface area contributed by atoms with Crippen LogP contribution in [0, 0.1) is 6.92 Å². The predicted molar refractivity (Wildman–Crippen MR) is 104 cm³/mol. The number of hydrogen-bond donors (Lipinski definition) is 2. The monoisotopic (exact) mass is 395 g/mol. The number of benzene rings is 2. The number of nitrogens with one attached hydrogen (secondary N) is 2. The lowest BCUT2D eigenvalue weighted by molar-refractivity contribution is 0.250. The zero-order valence-electron chi connectivity index (χ0n) is 13.7. The van der Waals surface area contributed by atoms with Crippen LogP contribution in [0.25, 0.3) is 0 Å². The van der Waals surface area contributed by atoms with Crippen molar-refractivity contribution in [2.24, 2.45) is 0 Å². The van der Waals surface area contributed by atoms with Crippen molar-refractivity contribution in [3.05, 3.63) is 94.2 Å². The standard InChI is InChI=1S/C20H18BrN3O/c1-14-10-11-16(13-17(14)21)23-20(25)24-19(15-7-3-2-4-8-15)18-9-5-6-12-22-18/h2-13,19H,1H3,(H2,23,24,25). The van der Waals surface area contributed by atoms with Crippen LogP contribution in [-0.4, -0.2) is 11.0 Å². The van der Waals surface area contributed by atoms with Crippen molar-refractivity contribution in [2.45, 2.75) is 13.0 Å². The minimum atomic E-state index is -0.323. The molecule has 126 valence electrons. The molecule has 25 heavy (non-hydrogen) atoms. The first-order chi connectivity index (χ1) is 12.1. The van der Waals surface area contributed by atoms with Gasteiger partial charge >= 0.3 is 6.03 Å². The molecular formula is C20H18BrN3O. The summed E-state index contributed by atoms with van der Waals surface area (Å²) in [5, 5.41) is 5.88. The van der Waals surface area contributed by atoms with E-state index in [9.17, 15) is 4.79 Å². The first-order valence-electron chi connectivity index (χ1n) is 7.93. The Kier molecular flexibility index (Phi) is 5.46. The van der Waals surface area contributed by atoms with Crippen molar-refractivity contribution in [3.8, 4) is 0 Å². The Bertz CT molecular complexity index is 814. The molecule has 1 atom stereocenters. The minimum absolute atomic E-state index is 0.282. The van der Waals surface area contributed by atoms with Crippen molar-refractivity contribution in [1.82, 2.24) is 10.3 Å². The van der Waals surface area contributed by atoms with Crippen molar-refractivity contribution in [2.75, 3.05) is 5.32 Å². The van der Waals surface area contributed by atoms with Gasteiger partial charge in [-0.05, 0) is 42.3 Å². The molecule has 0 saturated carbocycles. The van der Waals surface area contributed by atoms with Gasteiger partial charge in [-0.2, -0.15) is 0 Å². The second-order valence-corrected chi connectivity index (χ2v) is 6.52. The SMILES string of the molecule is Cc1ccc(NC(=O)NC(c2ccccc2)c2ccccn2)cc1Br. The van der Waals surface area contributed by atoms with E-state index in [0.29, 0.717) is 0 Å². The van der Waals surface area contributed by atoms with Gasteiger partial charge in [-0.1, -0.05) is 58.4 Å². The van der Waals surface area contributed by atoms with E-state index in [1.54, 1.807) is 6.20 Å². The summed E-state index contributed by atoms with van der Waals surface area (Å²) in [6.45, 7) is 2.00. The van der Waals surface area contributed by atoms with Crippen LogP contribution < -0.4 is 10.6 Å². The molecule has 2 aromatic carbocycles. The lowest BCUT2D eigenvalue weighted by atomic mass is 10.0. The van der Waals surface area contributed by atoms with Gasteiger partial charge in [-0.25, -0.2) is 4.79 Å². The van der Waals surface area contributed by atoms with Gasteiger partial charge in [-0.3, -0.25) is 4.98 Å². The largest absolute Gasteiger partial charge is 0.325 e. The molecule has 0 radical (unpaired) electrons. The molecule has 2 N–H and O–H groups in total. The number of urea groups is 1. The molecule has 0 saturated heterocycles. The van der Waals surface area contributed by atoms with Crippen LogP contribution in [0.15, 0.2) is 77.4 Å². The van der Waals surface area contributed by atoms with Gasteiger partial charge in [0.05, 0.1) is 11.7 Å². The number of carbonyl (C=O) groups excluding carboxylic acids is 1.